The highest BCUT2D eigenvalue weighted by molar-refractivity contribution is 6.37. The topological polar surface area (TPSA) is 64.4 Å². The largest absolute Gasteiger partial charge is 0.488 e. The fourth-order valence-electron chi connectivity index (χ4n) is 3.22. The summed E-state index contributed by atoms with van der Waals surface area (Å²) in [6.07, 6.45) is -0.993. The highest BCUT2D eigenvalue weighted by Crippen LogP contribution is 2.32. The van der Waals surface area contributed by atoms with Crippen molar-refractivity contribution >= 4 is 34.0 Å². The molecule has 0 saturated heterocycles. The molecule has 0 aliphatic rings. The summed E-state index contributed by atoms with van der Waals surface area (Å²) in [6, 6.07) is 21.9. The summed E-state index contributed by atoms with van der Waals surface area (Å²) >= 11 is 12.2. The molecule has 0 fully saturated rings. The molecule has 1 unspecified atom stereocenters. The van der Waals surface area contributed by atoms with Crippen LogP contribution in [-0.2, 0) is 6.54 Å². The summed E-state index contributed by atoms with van der Waals surface area (Å²) in [4.78, 5) is 12.9. The Morgan fingerprint density at radius 3 is 2.23 bits per heavy atom. The van der Waals surface area contributed by atoms with Gasteiger partial charge in [0, 0.05) is 10.9 Å². The second-order valence-electron chi connectivity index (χ2n) is 6.76. The lowest BCUT2D eigenvalue weighted by molar-refractivity contribution is 0.0883. The number of nitrogens with zero attached hydrogens (tertiary/aromatic N) is 2. The van der Waals surface area contributed by atoms with Gasteiger partial charge in [-0.2, -0.15) is 5.10 Å². The van der Waals surface area contributed by atoms with Crippen LogP contribution in [0.1, 0.15) is 0 Å². The van der Waals surface area contributed by atoms with Crippen molar-refractivity contribution in [3.63, 3.8) is 0 Å². The molecule has 0 saturated carbocycles. The fourth-order valence-corrected chi connectivity index (χ4v) is 3.73. The molecule has 0 aliphatic carbocycles. The van der Waals surface area contributed by atoms with Crippen molar-refractivity contribution in [2.45, 2.75) is 12.6 Å². The normalized spacial score (nSPS) is 12.1. The first-order chi connectivity index (χ1) is 14.5. The first-order valence-corrected chi connectivity index (χ1v) is 10.1. The standard InChI is InChI=1S/C23H18Cl2N2O3/c24-19-11-6-12-20(25)22(19)30-14-16(28)13-27-23(29)18-10-5-4-9-17(18)21(26-27)15-7-2-1-3-8-15/h1-12,16,28H,13-14H2. The van der Waals surface area contributed by atoms with Gasteiger partial charge in [-0.1, -0.05) is 77.8 Å². The molecule has 0 spiro atoms. The third kappa shape index (κ3) is 4.19. The Hall–Kier alpha value is -2.86. The summed E-state index contributed by atoms with van der Waals surface area (Å²) in [5.41, 5.74) is 1.28. The molecule has 0 radical (unpaired) electrons. The summed E-state index contributed by atoms with van der Waals surface area (Å²) in [6.45, 7) is -0.128. The summed E-state index contributed by atoms with van der Waals surface area (Å²) < 4.78 is 6.86. The highest BCUT2D eigenvalue weighted by Gasteiger charge is 2.16. The van der Waals surface area contributed by atoms with Gasteiger partial charge in [0.15, 0.2) is 5.75 Å². The molecule has 1 aromatic heterocycles. The summed E-state index contributed by atoms with van der Waals surface area (Å²) in [7, 11) is 0. The highest BCUT2D eigenvalue weighted by atomic mass is 35.5. The van der Waals surface area contributed by atoms with E-state index in [1.807, 2.05) is 48.5 Å². The number of aliphatic hydroxyl groups is 1. The monoisotopic (exact) mass is 440 g/mol. The molecule has 0 aliphatic heterocycles. The fraction of sp³-hybridized carbons (Fsp3) is 0.130. The summed E-state index contributed by atoms with van der Waals surface area (Å²) in [5.74, 6) is 0.295. The van der Waals surface area contributed by atoms with Crippen LogP contribution < -0.4 is 10.3 Å². The van der Waals surface area contributed by atoms with Crippen LogP contribution in [0.5, 0.6) is 5.75 Å². The molecule has 1 N–H and O–H groups in total. The molecule has 5 nitrogen and oxygen atoms in total. The van der Waals surface area contributed by atoms with Crippen molar-refractivity contribution in [3.05, 3.63) is 93.2 Å². The average Bonchev–Trinajstić information content (AvgIpc) is 2.76. The van der Waals surface area contributed by atoms with Crippen molar-refractivity contribution < 1.29 is 9.84 Å². The Morgan fingerprint density at radius 1 is 0.900 bits per heavy atom. The van der Waals surface area contributed by atoms with Gasteiger partial charge in [0.25, 0.3) is 5.56 Å². The Balaban J connectivity index is 1.64. The van der Waals surface area contributed by atoms with Crippen molar-refractivity contribution in [2.24, 2.45) is 0 Å². The third-order valence-electron chi connectivity index (χ3n) is 4.64. The van der Waals surface area contributed by atoms with Crippen molar-refractivity contribution in [1.82, 2.24) is 9.78 Å². The zero-order valence-corrected chi connectivity index (χ0v) is 17.3. The predicted molar refractivity (Wildman–Crippen MR) is 119 cm³/mol. The maximum absolute atomic E-state index is 12.9. The smallest absolute Gasteiger partial charge is 0.274 e. The minimum Gasteiger partial charge on any atom is -0.488 e. The Morgan fingerprint density at radius 2 is 1.53 bits per heavy atom. The number of aromatic nitrogens is 2. The predicted octanol–water partition coefficient (Wildman–Crippen LogP) is 4.81. The van der Waals surface area contributed by atoms with Gasteiger partial charge in [-0.05, 0) is 18.2 Å². The van der Waals surface area contributed by atoms with E-state index >= 15 is 0 Å². The molecule has 0 amide bonds. The molecule has 0 bridgehead atoms. The molecule has 1 heterocycles. The molecule has 152 valence electrons. The van der Waals surface area contributed by atoms with E-state index in [2.05, 4.69) is 5.10 Å². The second-order valence-corrected chi connectivity index (χ2v) is 7.58. The van der Waals surface area contributed by atoms with Crippen molar-refractivity contribution in [1.29, 1.82) is 0 Å². The molecule has 3 aromatic carbocycles. The molecule has 1 atom stereocenters. The van der Waals surface area contributed by atoms with E-state index in [1.165, 1.54) is 4.68 Å². The van der Waals surface area contributed by atoms with Crippen LogP contribution in [0, 0.1) is 0 Å². The number of halogens is 2. The van der Waals surface area contributed by atoms with Crippen molar-refractivity contribution in [2.75, 3.05) is 6.61 Å². The third-order valence-corrected chi connectivity index (χ3v) is 5.23. The Kier molecular flexibility index (Phi) is 6.04. The average molecular weight is 441 g/mol. The van der Waals surface area contributed by atoms with Crippen LogP contribution in [0.4, 0.5) is 0 Å². The number of ether oxygens (including phenoxy) is 1. The zero-order chi connectivity index (χ0) is 21.1. The SMILES string of the molecule is O=c1c2ccccc2c(-c2ccccc2)nn1CC(O)COc1c(Cl)cccc1Cl. The number of aliphatic hydroxyl groups excluding tert-OH is 1. The minimum absolute atomic E-state index is 0.0361. The minimum atomic E-state index is -0.993. The van der Waals surface area contributed by atoms with Gasteiger partial charge in [0.1, 0.15) is 12.7 Å². The lowest BCUT2D eigenvalue weighted by atomic mass is 10.1. The van der Waals surface area contributed by atoms with E-state index in [0.29, 0.717) is 26.9 Å². The van der Waals surface area contributed by atoms with Gasteiger partial charge in [-0.3, -0.25) is 4.79 Å². The molecule has 7 heteroatoms. The Labute approximate surface area is 183 Å². The van der Waals surface area contributed by atoms with Gasteiger partial charge in [-0.15, -0.1) is 0 Å². The lowest BCUT2D eigenvalue weighted by Gasteiger charge is -2.16. The number of hydrogen-bond donors (Lipinski definition) is 1. The second kappa shape index (κ2) is 8.88. The van der Waals surface area contributed by atoms with E-state index in [0.717, 1.165) is 10.9 Å². The number of fused-ring (bicyclic) bond motifs is 1. The van der Waals surface area contributed by atoms with Crippen LogP contribution >= 0.6 is 23.2 Å². The number of para-hydroxylation sites is 1. The number of rotatable bonds is 6. The lowest BCUT2D eigenvalue weighted by Crippen LogP contribution is -2.32. The zero-order valence-electron chi connectivity index (χ0n) is 15.8. The summed E-state index contributed by atoms with van der Waals surface area (Å²) in [5, 5.41) is 17.0. The van der Waals surface area contributed by atoms with E-state index in [-0.39, 0.29) is 18.7 Å². The maximum Gasteiger partial charge on any atom is 0.274 e. The van der Waals surface area contributed by atoms with E-state index in [9.17, 15) is 9.90 Å². The van der Waals surface area contributed by atoms with E-state index in [1.54, 1.807) is 24.3 Å². The van der Waals surface area contributed by atoms with Crippen molar-refractivity contribution in [3.8, 4) is 17.0 Å². The van der Waals surface area contributed by atoms with Crippen LogP contribution in [0.25, 0.3) is 22.0 Å². The van der Waals surface area contributed by atoms with Gasteiger partial charge in [0.05, 0.1) is 27.7 Å². The molecule has 4 rings (SSSR count). The maximum atomic E-state index is 12.9. The van der Waals surface area contributed by atoms with E-state index < -0.39 is 6.10 Å². The van der Waals surface area contributed by atoms with Gasteiger partial charge < -0.3 is 9.84 Å². The molecule has 4 aromatic rings. The van der Waals surface area contributed by atoms with Crippen LogP contribution in [0.15, 0.2) is 77.6 Å². The van der Waals surface area contributed by atoms with Gasteiger partial charge in [0.2, 0.25) is 0 Å². The Bertz CT molecular complexity index is 1220. The number of benzene rings is 3. The van der Waals surface area contributed by atoms with Gasteiger partial charge >= 0.3 is 0 Å². The molecule has 30 heavy (non-hydrogen) atoms. The van der Waals surface area contributed by atoms with E-state index in [4.69, 9.17) is 27.9 Å². The van der Waals surface area contributed by atoms with Gasteiger partial charge in [-0.25, -0.2) is 4.68 Å². The van der Waals surface area contributed by atoms with Crippen LogP contribution in [0.3, 0.4) is 0 Å². The molecular formula is C23H18Cl2N2O3. The number of hydrogen-bond acceptors (Lipinski definition) is 4. The quantitative estimate of drug-likeness (QED) is 0.467. The molecular weight excluding hydrogens is 423 g/mol. The first-order valence-electron chi connectivity index (χ1n) is 9.35. The first kappa shape index (κ1) is 20.4. The van der Waals surface area contributed by atoms with Crippen LogP contribution in [-0.4, -0.2) is 27.6 Å². The van der Waals surface area contributed by atoms with Crippen LogP contribution in [0.2, 0.25) is 10.0 Å².